The van der Waals surface area contributed by atoms with Crippen LogP contribution in [0, 0.1) is 12.7 Å². The number of nitrogen functional groups attached to an aromatic ring is 1. The number of nitrogens with zero attached hydrogens (tertiary/aromatic N) is 1. The number of methoxy groups -OCH3 is 1. The van der Waals surface area contributed by atoms with Crippen molar-refractivity contribution in [1.82, 2.24) is 0 Å². The van der Waals surface area contributed by atoms with Gasteiger partial charge in [0.15, 0.2) is 0 Å². The first-order chi connectivity index (χ1) is 14.3. The Morgan fingerprint density at radius 3 is 2.30 bits per heavy atom. The molecule has 3 aromatic rings. The van der Waals surface area contributed by atoms with Gasteiger partial charge in [0.25, 0.3) is 0 Å². The Labute approximate surface area is 175 Å². The van der Waals surface area contributed by atoms with Crippen molar-refractivity contribution in [2.75, 3.05) is 17.1 Å². The molecule has 1 atom stereocenters. The lowest BCUT2D eigenvalue weighted by molar-refractivity contribution is 0.0601. The Kier molecular flexibility index (Phi) is 6.34. The zero-order chi connectivity index (χ0) is 21.8. The predicted molar refractivity (Wildman–Crippen MR) is 111 cm³/mol. The van der Waals surface area contributed by atoms with Crippen LogP contribution in [0.4, 0.5) is 21.5 Å². The van der Waals surface area contributed by atoms with Crippen LogP contribution < -0.4 is 14.8 Å². The molecular weight excluding hydrogens is 411 g/mol. The van der Waals surface area contributed by atoms with Crippen molar-refractivity contribution < 1.29 is 27.4 Å². The fourth-order valence-electron chi connectivity index (χ4n) is 2.72. The van der Waals surface area contributed by atoms with E-state index in [-0.39, 0.29) is 28.4 Å². The average molecular weight is 429 g/mol. The molecule has 0 aliphatic carbocycles. The molecule has 1 unspecified atom stereocenters. The third-order valence-corrected chi connectivity index (χ3v) is 4.92. The number of nitrogens with two attached hydrogens (primary N) is 1. The molecule has 0 heterocycles. The molecule has 0 fully saturated rings. The van der Waals surface area contributed by atoms with Crippen LogP contribution in [-0.2, 0) is 16.0 Å². The van der Waals surface area contributed by atoms with Gasteiger partial charge in [-0.25, -0.2) is 9.18 Å². The largest absolute Gasteiger partial charge is 0.755 e. The summed E-state index contributed by atoms with van der Waals surface area (Å²) >= 11 is -2.72. The van der Waals surface area contributed by atoms with E-state index in [0.29, 0.717) is 5.69 Å². The summed E-state index contributed by atoms with van der Waals surface area (Å²) in [6.07, 6.45) is 0. The number of carbonyl (C=O) groups excluding carboxylic acids is 1. The van der Waals surface area contributed by atoms with Crippen LogP contribution in [0.25, 0.3) is 0 Å². The zero-order valence-corrected chi connectivity index (χ0v) is 16.9. The number of esters is 1. The highest BCUT2D eigenvalue weighted by Gasteiger charge is 2.21. The number of rotatable bonds is 6. The van der Waals surface area contributed by atoms with Gasteiger partial charge < -0.3 is 19.8 Å². The van der Waals surface area contributed by atoms with Crippen molar-refractivity contribution in [3.05, 3.63) is 77.6 Å². The fraction of sp³-hybridized carbons (Fsp3) is 0.0952. The van der Waals surface area contributed by atoms with Gasteiger partial charge in [-0.1, -0.05) is 17.7 Å². The first-order valence-electron chi connectivity index (χ1n) is 8.71. The summed E-state index contributed by atoms with van der Waals surface area (Å²) in [6, 6.07) is 14.8. The Morgan fingerprint density at radius 1 is 1.07 bits per heavy atom. The lowest BCUT2D eigenvalue weighted by atomic mass is 10.1. The molecule has 7 nitrogen and oxygen atoms in total. The van der Waals surface area contributed by atoms with Gasteiger partial charge in [0, 0.05) is 6.07 Å². The van der Waals surface area contributed by atoms with Gasteiger partial charge >= 0.3 is 5.97 Å². The van der Waals surface area contributed by atoms with Crippen LogP contribution in [0.15, 0.2) is 60.7 Å². The summed E-state index contributed by atoms with van der Waals surface area (Å²) in [7, 11) is 1.18. The molecule has 3 rings (SSSR count). The maximum absolute atomic E-state index is 13.7. The van der Waals surface area contributed by atoms with E-state index in [2.05, 4.69) is 0 Å². The van der Waals surface area contributed by atoms with Gasteiger partial charge in [0.05, 0.1) is 41.0 Å². The molecule has 3 aromatic carbocycles. The van der Waals surface area contributed by atoms with E-state index in [9.17, 15) is 17.9 Å². The van der Waals surface area contributed by atoms with E-state index in [1.165, 1.54) is 37.4 Å². The number of hydrogen-bond donors (Lipinski definition) is 1. The van der Waals surface area contributed by atoms with E-state index >= 15 is 0 Å². The lowest BCUT2D eigenvalue weighted by Gasteiger charge is -2.28. The SMILES string of the molecule is COC(=O)c1cc(Oc2ccc(N)c(F)c2)ccc1N(c1ccc(C)cc1)S(=O)[O-]. The van der Waals surface area contributed by atoms with Crippen molar-refractivity contribution in [3.8, 4) is 11.5 Å². The van der Waals surface area contributed by atoms with E-state index < -0.39 is 23.1 Å². The lowest BCUT2D eigenvalue weighted by Crippen LogP contribution is -2.22. The second-order valence-corrected chi connectivity index (χ2v) is 7.10. The minimum atomic E-state index is -2.72. The molecule has 0 saturated heterocycles. The topological polar surface area (TPSA) is 105 Å². The standard InChI is InChI=1S/C21H19FN2O5S/c1-13-3-5-14(6-4-13)24(30(26)27)20-10-8-15(11-17(20)21(25)28-2)29-16-7-9-19(23)18(22)12-16/h3-12H,23H2,1-2H3,(H,26,27)/p-1. The summed E-state index contributed by atoms with van der Waals surface area (Å²) in [6.45, 7) is 1.87. The van der Waals surface area contributed by atoms with Gasteiger partial charge in [-0.05, 0) is 49.4 Å². The molecule has 0 bridgehead atoms. The second kappa shape index (κ2) is 8.93. The van der Waals surface area contributed by atoms with Crippen molar-refractivity contribution in [3.63, 3.8) is 0 Å². The van der Waals surface area contributed by atoms with Crippen LogP contribution in [0.1, 0.15) is 15.9 Å². The summed E-state index contributed by atoms with van der Waals surface area (Å²) in [5, 5.41) is 0. The van der Waals surface area contributed by atoms with Gasteiger partial charge in [-0.3, -0.25) is 8.51 Å². The maximum atomic E-state index is 13.7. The van der Waals surface area contributed by atoms with E-state index in [1.54, 1.807) is 24.3 Å². The van der Waals surface area contributed by atoms with E-state index in [0.717, 1.165) is 15.9 Å². The molecule has 2 N–H and O–H groups in total. The number of halogens is 1. The third kappa shape index (κ3) is 4.58. The minimum Gasteiger partial charge on any atom is -0.755 e. The van der Waals surface area contributed by atoms with Crippen molar-refractivity contribution in [2.24, 2.45) is 0 Å². The Morgan fingerprint density at radius 2 is 1.70 bits per heavy atom. The average Bonchev–Trinajstić information content (AvgIpc) is 2.72. The van der Waals surface area contributed by atoms with Crippen LogP contribution in [0.3, 0.4) is 0 Å². The second-order valence-electron chi connectivity index (χ2n) is 6.30. The number of aryl methyl sites for hydroxylation is 1. The first-order valence-corrected chi connectivity index (χ1v) is 9.74. The number of hydrogen-bond acceptors (Lipinski definition) is 6. The van der Waals surface area contributed by atoms with Gasteiger partial charge in [-0.2, -0.15) is 0 Å². The highest BCUT2D eigenvalue weighted by Crippen LogP contribution is 2.34. The molecule has 156 valence electrons. The molecule has 30 heavy (non-hydrogen) atoms. The van der Waals surface area contributed by atoms with Gasteiger partial charge in [0.2, 0.25) is 0 Å². The highest BCUT2D eigenvalue weighted by molar-refractivity contribution is 7.81. The first kappa shape index (κ1) is 21.3. The molecule has 0 amide bonds. The molecule has 0 aliphatic heterocycles. The molecule has 0 spiro atoms. The fourth-order valence-corrected chi connectivity index (χ4v) is 3.34. The summed E-state index contributed by atoms with van der Waals surface area (Å²) in [5.41, 5.74) is 6.75. The third-order valence-electron chi connectivity index (χ3n) is 4.22. The minimum absolute atomic E-state index is 0.0281. The van der Waals surface area contributed by atoms with Crippen LogP contribution in [0.5, 0.6) is 11.5 Å². The Bertz CT molecular complexity index is 1110. The normalized spacial score (nSPS) is 11.6. The number of ether oxygens (including phenoxy) is 2. The van der Waals surface area contributed by atoms with Crippen LogP contribution >= 0.6 is 0 Å². The zero-order valence-electron chi connectivity index (χ0n) is 16.1. The number of benzene rings is 3. The maximum Gasteiger partial charge on any atom is 0.340 e. The van der Waals surface area contributed by atoms with Gasteiger partial charge in [-0.15, -0.1) is 0 Å². The monoisotopic (exact) mass is 429 g/mol. The van der Waals surface area contributed by atoms with E-state index in [4.69, 9.17) is 15.2 Å². The molecule has 9 heteroatoms. The van der Waals surface area contributed by atoms with Gasteiger partial charge in [0.1, 0.15) is 17.3 Å². The quantitative estimate of drug-likeness (QED) is 0.357. The molecular formula is C21H18FN2O5S-. The molecule has 0 aromatic heterocycles. The summed E-state index contributed by atoms with van der Waals surface area (Å²) in [4.78, 5) is 12.4. The van der Waals surface area contributed by atoms with Crippen LogP contribution in [0.2, 0.25) is 0 Å². The number of carbonyl (C=O) groups is 1. The smallest absolute Gasteiger partial charge is 0.340 e. The number of anilines is 3. The molecule has 0 aliphatic rings. The molecule has 0 radical (unpaired) electrons. The predicted octanol–water partition coefficient (Wildman–Crippen LogP) is 4.23. The Hall–Kier alpha value is -3.43. The summed E-state index contributed by atoms with van der Waals surface area (Å²) in [5.74, 6) is -1.07. The Balaban J connectivity index is 2.05. The van der Waals surface area contributed by atoms with E-state index in [1.807, 2.05) is 6.92 Å². The van der Waals surface area contributed by atoms with Crippen LogP contribution in [-0.4, -0.2) is 21.8 Å². The molecule has 0 saturated carbocycles. The van der Waals surface area contributed by atoms with Crippen molar-refractivity contribution in [2.45, 2.75) is 6.92 Å². The van der Waals surface area contributed by atoms with Crippen molar-refractivity contribution in [1.29, 1.82) is 0 Å². The summed E-state index contributed by atoms with van der Waals surface area (Å²) < 4.78 is 49.0. The van der Waals surface area contributed by atoms with Crippen molar-refractivity contribution >= 4 is 34.3 Å². The highest BCUT2D eigenvalue weighted by atomic mass is 32.2.